The van der Waals surface area contributed by atoms with Crippen molar-refractivity contribution in [1.82, 2.24) is 5.32 Å². The number of aromatic carboxylic acids is 1. The van der Waals surface area contributed by atoms with Gasteiger partial charge < -0.3 is 15.5 Å². The monoisotopic (exact) mass is 223 g/mol. The lowest BCUT2D eigenvalue weighted by molar-refractivity contribution is -0.119. The van der Waals surface area contributed by atoms with E-state index in [1.165, 1.54) is 19.1 Å². The number of hydrogen-bond donors (Lipinski definition) is 3. The van der Waals surface area contributed by atoms with Crippen LogP contribution in [-0.4, -0.2) is 22.1 Å². The molecule has 16 heavy (non-hydrogen) atoms. The topological polar surface area (TPSA) is 86.6 Å². The van der Waals surface area contributed by atoms with Gasteiger partial charge in [-0.25, -0.2) is 4.79 Å². The Morgan fingerprint density at radius 3 is 2.50 bits per heavy atom. The fourth-order valence-corrected chi connectivity index (χ4v) is 1.38. The van der Waals surface area contributed by atoms with E-state index in [1.807, 2.05) is 0 Å². The van der Waals surface area contributed by atoms with Crippen LogP contribution in [0.2, 0.25) is 0 Å². The average molecular weight is 223 g/mol. The van der Waals surface area contributed by atoms with Crippen LogP contribution in [0.25, 0.3) is 0 Å². The van der Waals surface area contributed by atoms with Gasteiger partial charge in [0.2, 0.25) is 5.91 Å². The van der Waals surface area contributed by atoms with Gasteiger partial charge in [0, 0.05) is 6.92 Å². The summed E-state index contributed by atoms with van der Waals surface area (Å²) in [6.45, 7) is 3.12. The third-order valence-corrected chi connectivity index (χ3v) is 2.17. The minimum Gasteiger partial charge on any atom is -0.507 e. The molecule has 0 bridgehead atoms. The number of carbonyl (C=O) groups is 2. The molecule has 1 unspecified atom stereocenters. The van der Waals surface area contributed by atoms with Crippen LogP contribution in [0.15, 0.2) is 18.2 Å². The molecule has 0 saturated heterocycles. The number of rotatable bonds is 3. The van der Waals surface area contributed by atoms with Crippen LogP contribution in [0.1, 0.15) is 35.8 Å². The van der Waals surface area contributed by atoms with Crippen molar-refractivity contribution in [2.24, 2.45) is 0 Å². The first-order valence-corrected chi connectivity index (χ1v) is 4.75. The fraction of sp³-hybridized carbons (Fsp3) is 0.273. The van der Waals surface area contributed by atoms with E-state index < -0.39 is 5.97 Å². The van der Waals surface area contributed by atoms with Crippen LogP contribution >= 0.6 is 0 Å². The summed E-state index contributed by atoms with van der Waals surface area (Å²) in [5, 5.41) is 20.7. The lowest BCUT2D eigenvalue weighted by Gasteiger charge is -2.13. The highest BCUT2D eigenvalue weighted by Crippen LogP contribution is 2.22. The van der Waals surface area contributed by atoms with Gasteiger partial charge in [0.05, 0.1) is 6.04 Å². The molecular weight excluding hydrogens is 210 g/mol. The Kier molecular flexibility index (Phi) is 3.50. The zero-order valence-corrected chi connectivity index (χ0v) is 9.02. The van der Waals surface area contributed by atoms with Crippen LogP contribution in [0, 0.1) is 0 Å². The Morgan fingerprint density at radius 1 is 1.38 bits per heavy atom. The highest BCUT2D eigenvalue weighted by molar-refractivity contribution is 5.91. The molecule has 0 aliphatic rings. The molecule has 0 aliphatic carbocycles. The quantitative estimate of drug-likeness (QED) is 0.720. The molecule has 1 aromatic carbocycles. The number of aromatic hydroxyl groups is 1. The van der Waals surface area contributed by atoms with E-state index >= 15 is 0 Å². The normalized spacial score (nSPS) is 11.9. The van der Waals surface area contributed by atoms with Gasteiger partial charge in [-0.15, -0.1) is 0 Å². The van der Waals surface area contributed by atoms with E-state index in [0.29, 0.717) is 5.56 Å². The molecule has 1 rings (SSSR count). The maximum absolute atomic E-state index is 10.8. The molecule has 0 aromatic heterocycles. The van der Waals surface area contributed by atoms with Crippen LogP contribution in [-0.2, 0) is 4.79 Å². The first kappa shape index (κ1) is 12.0. The van der Waals surface area contributed by atoms with Crippen LogP contribution in [0.5, 0.6) is 5.75 Å². The largest absolute Gasteiger partial charge is 0.507 e. The maximum Gasteiger partial charge on any atom is 0.339 e. The minimum atomic E-state index is -1.20. The highest BCUT2D eigenvalue weighted by Gasteiger charge is 2.13. The zero-order valence-electron chi connectivity index (χ0n) is 9.02. The van der Waals surface area contributed by atoms with Gasteiger partial charge in [0.25, 0.3) is 0 Å². The molecule has 0 spiro atoms. The lowest BCUT2D eigenvalue weighted by atomic mass is 10.0. The van der Waals surface area contributed by atoms with Gasteiger partial charge in [-0.1, -0.05) is 6.07 Å². The molecule has 5 heteroatoms. The number of carbonyl (C=O) groups excluding carboxylic acids is 1. The van der Waals surface area contributed by atoms with Crippen molar-refractivity contribution in [2.45, 2.75) is 19.9 Å². The molecule has 0 saturated carbocycles. The van der Waals surface area contributed by atoms with E-state index in [-0.39, 0.29) is 23.3 Å². The highest BCUT2D eigenvalue weighted by atomic mass is 16.4. The van der Waals surface area contributed by atoms with E-state index in [9.17, 15) is 14.7 Å². The second kappa shape index (κ2) is 4.65. The second-order valence-electron chi connectivity index (χ2n) is 3.50. The standard InChI is InChI=1S/C11H13NO4/c1-6(12-7(2)13)8-3-4-10(14)9(5-8)11(15)16/h3-6,14H,1-2H3,(H,12,13)(H,15,16). The summed E-state index contributed by atoms with van der Waals surface area (Å²) >= 11 is 0. The number of amides is 1. The zero-order chi connectivity index (χ0) is 12.3. The van der Waals surface area contributed by atoms with Crippen LogP contribution < -0.4 is 5.32 Å². The summed E-state index contributed by atoms with van der Waals surface area (Å²) in [6, 6.07) is 3.92. The Bertz CT molecular complexity index is 428. The SMILES string of the molecule is CC(=O)NC(C)c1ccc(O)c(C(=O)O)c1. The summed E-state index contributed by atoms with van der Waals surface area (Å²) in [4.78, 5) is 21.6. The lowest BCUT2D eigenvalue weighted by Crippen LogP contribution is -2.23. The van der Waals surface area contributed by atoms with Gasteiger partial charge in [-0.2, -0.15) is 0 Å². The smallest absolute Gasteiger partial charge is 0.339 e. The molecule has 1 amide bonds. The molecular formula is C11H13NO4. The average Bonchev–Trinajstić information content (AvgIpc) is 2.16. The predicted octanol–water partition coefficient (Wildman–Crippen LogP) is 1.29. The molecule has 0 fully saturated rings. The van der Waals surface area contributed by atoms with E-state index in [0.717, 1.165) is 0 Å². The van der Waals surface area contributed by atoms with Gasteiger partial charge in [0.15, 0.2) is 0 Å². The number of benzene rings is 1. The van der Waals surface area contributed by atoms with Crippen molar-refractivity contribution in [3.8, 4) is 5.75 Å². The molecule has 0 aliphatic heterocycles. The van der Waals surface area contributed by atoms with E-state index in [2.05, 4.69) is 5.32 Å². The second-order valence-corrected chi connectivity index (χ2v) is 3.50. The van der Waals surface area contributed by atoms with E-state index in [1.54, 1.807) is 13.0 Å². The Morgan fingerprint density at radius 2 is 2.00 bits per heavy atom. The van der Waals surface area contributed by atoms with Crippen molar-refractivity contribution in [3.63, 3.8) is 0 Å². The number of hydrogen-bond acceptors (Lipinski definition) is 3. The minimum absolute atomic E-state index is 0.172. The fourth-order valence-electron chi connectivity index (χ4n) is 1.38. The summed E-state index contributed by atoms with van der Waals surface area (Å²) < 4.78 is 0. The summed E-state index contributed by atoms with van der Waals surface area (Å²) in [7, 11) is 0. The Hall–Kier alpha value is -2.04. The molecule has 0 radical (unpaired) electrons. The summed E-state index contributed by atoms with van der Waals surface area (Å²) in [5.74, 6) is -1.68. The number of phenols is 1. The van der Waals surface area contributed by atoms with Crippen molar-refractivity contribution in [3.05, 3.63) is 29.3 Å². The van der Waals surface area contributed by atoms with Crippen molar-refractivity contribution >= 4 is 11.9 Å². The molecule has 3 N–H and O–H groups in total. The number of carboxylic acid groups (broad SMARTS) is 1. The summed E-state index contributed by atoms with van der Waals surface area (Å²) in [5.41, 5.74) is 0.458. The van der Waals surface area contributed by atoms with Crippen molar-refractivity contribution in [2.75, 3.05) is 0 Å². The van der Waals surface area contributed by atoms with Crippen LogP contribution in [0.4, 0.5) is 0 Å². The summed E-state index contributed by atoms with van der Waals surface area (Å²) in [6.07, 6.45) is 0. The van der Waals surface area contributed by atoms with Gasteiger partial charge in [-0.3, -0.25) is 4.79 Å². The first-order valence-electron chi connectivity index (χ1n) is 4.75. The molecule has 1 atom stereocenters. The molecule has 86 valence electrons. The van der Waals surface area contributed by atoms with Gasteiger partial charge in [-0.05, 0) is 24.6 Å². The van der Waals surface area contributed by atoms with Gasteiger partial charge >= 0.3 is 5.97 Å². The maximum atomic E-state index is 10.8. The third kappa shape index (κ3) is 2.73. The van der Waals surface area contributed by atoms with E-state index in [4.69, 9.17) is 5.11 Å². The molecule has 0 heterocycles. The predicted molar refractivity (Wildman–Crippen MR) is 57.3 cm³/mol. The molecule has 5 nitrogen and oxygen atoms in total. The Labute approximate surface area is 92.7 Å². The van der Waals surface area contributed by atoms with Crippen LogP contribution in [0.3, 0.4) is 0 Å². The third-order valence-electron chi connectivity index (χ3n) is 2.17. The van der Waals surface area contributed by atoms with Gasteiger partial charge in [0.1, 0.15) is 11.3 Å². The van der Waals surface area contributed by atoms with Crippen molar-refractivity contribution < 1.29 is 19.8 Å². The Balaban J connectivity index is 3.02. The first-order chi connectivity index (χ1) is 7.41. The number of carboxylic acids is 1. The number of nitrogens with one attached hydrogen (secondary N) is 1. The molecule has 1 aromatic rings. The van der Waals surface area contributed by atoms with Crippen molar-refractivity contribution in [1.29, 1.82) is 0 Å².